The van der Waals surface area contributed by atoms with Crippen LogP contribution in [0.2, 0.25) is 0 Å². The maximum Gasteiger partial charge on any atom is 0.271 e. The van der Waals surface area contributed by atoms with Crippen molar-refractivity contribution in [2.45, 2.75) is 25.8 Å². The summed E-state index contributed by atoms with van der Waals surface area (Å²) in [4.78, 5) is 15.8. The SMILES string of the molecule is CCC(CO)(CO)NC(=O)c1csc(C)n1. The third-order valence-electron chi connectivity index (χ3n) is 2.51. The summed E-state index contributed by atoms with van der Waals surface area (Å²) in [6, 6.07) is 0. The Labute approximate surface area is 98.1 Å². The van der Waals surface area contributed by atoms with Crippen molar-refractivity contribution in [3.8, 4) is 0 Å². The summed E-state index contributed by atoms with van der Waals surface area (Å²) >= 11 is 1.38. The van der Waals surface area contributed by atoms with Crippen molar-refractivity contribution < 1.29 is 15.0 Å². The Kier molecular flexibility index (Phi) is 4.40. The first-order valence-electron chi connectivity index (χ1n) is 5.03. The molecule has 0 saturated heterocycles. The molecule has 0 aliphatic rings. The molecule has 0 bridgehead atoms. The number of rotatable bonds is 5. The van der Waals surface area contributed by atoms with Crippen LogP contribution in [0.5, 0.6) is 0 Å². The minimum absolute atomic E-state index is 0.297. The lowest BCUT2D eigenvalue weighted by molar-refractivity contribution is 0.0649. The van der Waals surface area contributed by atoms with Crippen molar-refractivity contribution >= 4 is 17.2 Å². The number of aliphatic hydroxyl groups is 2. The molecule has 0 aliphatic heterocycles. The summed E-state index contributed by atoms with van der Waals surface area (Å²) in [5.74, 6) is -0.366. The van der Waals surface area contributed by atoms with Gasteiger partial charge in [-0.05, 0) is 13.3 Å². The number of thiazole rings is 1. The second-order valence-corrected chi connectivity index (χ2v) is 4.72. The number of amides is 1. The van der Waals surface area contributed by atoms with Crippen LogP contribution in [0.25, 0.3) is 0 Å². The number of hydrogen-bond acceptors (Lipinski definition) is 5. The maximum atomic E-state index is 11.8. The number of carbonyl (C=O) groups excluding carboxylic acids is 1. The van der Waals surface area contributed by atoms with Gasteiger partial charge in [0.05, 0.1) is 23.8 Å². The van der Waals surface area contributed by atoms with Gasteiger partial charge in [-0.25, -0.2) is 4.98 Å². The molecule has 0 spiro atoms. The van der Waals surface area contributed by atoms with E-state index < -0.39 is 5.54 Å². The Morgan fingerprint density at radius 3 is 2.56 bits per heavy atom. The van der Waals surface area contributed by atoms with Gasteiger partial charge in [0, 0.05) is 5.38 Å². The van der Waals surface area contributed by atoms with E-state index in [2.05, 4.69) is 10.3 Å². The van der Waals surface area contributed by atoms with Gasteiger partial charge in [0.25, 0.3) is 5.91 Å². The van der Waals surface area contributed by atoms with Crippen LogP contribution >= 0.6 is 11.3 Å². The normalized spacial score (nSPS) is 11.5. The highest BCUT2D eigenvalue weighted by molar-refractivity contribution is 7.09. The molecule has 1 rings (SSSR count). The van der Waals surface area contributed by atoms with E-state index >= 15 is 0 Å². The molecule has 0 aliphatic carbocycles. The van der Waals surface area contributed by atoms with Gasteiger partial charge in [0.15, 0.2) is 0 Å². The molecule has 0 radical (unpaired) electrons. The van der Waals surface area contributed by atoms with Crippen LogP contribution in [0.4, 0.5) is 0 Å². The van der Waals surface area contributed by atoms with Crippen LogP contribution in [-0.4, -0.2) is 39.9 Å². The van der Waals surface area contributed by atoms with Gasteiger partial charge in [-0.3, -0.25) is 4.79 Å². The molecule has 0 atom stereocenters. The number of nitrogens with one attached hydrogen (secondary N) is 1. The molecule has 5 nitrogen and oxygen atoms in total. The van der Waals surface area contributed by atoms with Crippen LogP contribution in [0.15, 0.2) is 5.38 Å². The summed E-state index contributed by atoms with van der Waals surface area (Å²) in [6.07, 6.45) is 0.453. The molecule has 1 aromatic heterocycles. The quantitative estimate of drug-likeness (QED) is 0.696. The molecule has 16 heavy (non-hydrogen) atoms. The van der Waals surface area contributed by atoms with Crippen LogP contribution in [0.1, 0.15) is 28.8 Å². The molecule has 0 saturated carbocycles. The molecule has 0 fully saturated rings. The molecule has 0 aromatic carbocycles. The van der Waals surface area contributed by atoms with E-state index in [9.17, 15) is 15.0 Å². The van der Waals surface area contributed by atoms with E-state index in [0.717, 1.165) is 5.01 Å². The number of carbonyl (C=O) groups is 1. The molecular formula is C10H16N2O3S. The summed E-state index contributed by atoms with van der Waals surface area (Å²) in [5.41, 5.74) is -0.642. The second-order valence-electron chi connectivity index (χ2n) is 3.66. The van der Waals surface area contributed by atoms with Crippen molar-refractivity contribution in [2.24, 2.45) is 0 Å². The van der Waals surface area contributed by atoms with E-state index in [4.69, 9.17) is 0 Å². The first-order chi connectivity index (χ1) is 7.56. The lowest BCUT2D eigenvalue weighted by atomic mass is 9.98. The fourth-order valence-electron chi connectivity index (χ4n) is 1.21. The molecule has 3 N–H and O–H groups in total. The molecule has 1 heterocycles. The van der Waals surface area contributed by atoms with Gasteiger partial charge in [-0.1, -0.05) is 6.92 Å². The second kappa shape index (κ2) is 5.38. The predicted octanol–water partition coefficient (Wildman–Crippen LogP) is 0.315. The maximum absolute atomic E-state index is 11.8. The van der Waals surface area contributed by atoms with Crippen LogP contribution < -0.4 is 5.32 Å². The lowest BCUT2D eigenvalue weighted by Crippen LogP contribution is -2.53. The summed E-state index contributed by atoms with van der Waals surface area (Å²) in [6.45, 7) is 3.01. The molecule has 6 heteroatoms. The Hall–Kier alpha value is -0.980. The first kappa shape index (κ1) is 13.1. The van der Waals surface area contributed by atoms with Crippen molar-refractivity contribution in [2.75, 3.05) is 13.2 Å². The van der Waals surface area contributed by atoms with Crippen molar-refractivity contribution in [3.05, 3.63) is 16.1 Å². The molecule has 1 aromatic rings. The van der Waals surface area contributed by atoms with E-state index in [1.54, 1.807) is 12.3 Å². The van der Waals surface area contributed by atoms with Gasteiger partial charge in [-0.15, -0.1) is 11.3 Å². The van der Waals surface area contributed by atoms with Gasteiger partial charge >= 0.3 is 0 Å². The Morgan fingerprint density at radius 1 is 1.56 bits per heavy atom. The molecule has 1 amide bonds. The van der Waals surface area contributed by atoms with Gasteiger partial charge in [0.1, 0.15) is 5.69 Å². The lowest BCUT2D eigenvalue weighted by Gasteiger charge is -2.29. The largest absolute Gasteiger partial charge is 0.394 e. The highest BCUT2D eigenvalue weighted by Crippen LogP contribution is 2.12. The smallest absolute Gasteiger partial charge is 0.271 e. The van der Waals surface area contributed by atoms with Crippen LogP contribution in [-0.2, 0) is 0 Å². The highest BCUT2D eigenvalue weighted by atomic mass is 32.1. The van der Waals surface area contributed by atoms with Gasteiger partial charge < -0.3 is 15.5 Å². The van der Waals surface area contributed by atoms with Crippen LogP contribution in [0.3, 0.4) is 0 Å². The third-order valence-corrected chi connectivity index (χ3v) is 3.29. The standard InChI is InChI=1S/C10H16N2O3S/c1-3-10(5-13,6-14)12-9(15)8-4-16-7(2)11-8/h4,13-14H,3,5-6H2,1-2H3,(H,12,15). The average molecular weight is 244 g/mol. The van der Waals surface area contributed by atoms with E-state index in [0.29, 0.717) is 12.1 Å². The van der Waals surface area contributed by atoms with E-state index in [-0.39, 0.29) is 19.1 Å². The van der Waals surface area contributed by atoms with Crippen molar-refractivity contribution in [1.29, 1.82) is 0 Å². The fraction of sp³-hybridized carbons (Fsp3) is 0.600. The zero-order valence-electron chi connectivity index (χ0n) is 9.36. The topological polar surface area (TPSA) is 82.5 Å². The fourth-order valence-corrected chi connectivity index (χ4v) is 1.81. The predicted molar refractivity (Wildman–Crippen MR) is 61.5 cm³/mol. The highest BCUT2D eigenvalue weighted by Gasteiger charge is 2.29. The minimum atomic E-state index is -0.964. The van der Waals surface area contributed by atoms with E-state index in [1.165, 1.54) is 11.3 Å². The molecule has 90 valence electrons. The number of hydrogen-bond donors (Lipinski definition) is 3. The van der Waals surface area contributed by atoms with Crippen LogP contribution in [0, 0.1) is 6.92 Å². The first-order valence-corrected chi connectivity index (χ1v) is 5.91. The Balaban J connectivity index is 2.76. The number of aromatic nitrogens is 1. The zero-order chi connectivity index (χ0) is 12.2. The third kappa shape index (κ3) is 2.78. The Bertz CT molecular complexity index is 352. The summed E-state index contributed by atoms with van der Waals surface area (Å²) < 4.78 is 0. The number of nitrogens with zero attached hydrogens (tertiary/aromatic N) is 1. The zero-order valence-corrected chi connectivity index (χ0v) is 10.2. The monoisotopic (exact) mass is 244 g/mol. The van der Waals surface area contributed by atoms with Gasteiger partial charge in [-0.2, -0.15) is 0 Å². The van der Waals surface area contributed by atoms with E-state index in [1.807, 2.05) is 6.92 Å². The number of aryl methyl sites for hydroxylation is 1. The van der Waals surface area contributed by atoms with Crippen molar-refractivity contribution in [3.63, 3.8) is 0 Å². The average Bonchev–Trinajstić information content (AvgIpc) is 2.73. The Morgan fingerprint density at radius 2 is 2.19 bits per heavy atom. The number of aliphatic hydroxyl groups excluding tert-OH is 2. The summed E-state index contributed by atoms with van der Waals surface area (Å²) in [5, 5.41) is 23.4. The molecule has 0 unspecified atom stereocenters. The van der Waals surface area contributed by atoms with Gasteiger partial charge in [0.2, 0.25) is 0 Å². The summed E-state index contributed by atoms with van der Waals surface area (Å²) in [7, 11) is 0. The minimum Gasteiger partial charge on any atom is -0.394 e. The van der Waals surface area contributed by atoms with Crippen molar-refractivity contribution in [1.82, 2.24) is 10.3 Å². The molecular weight excluding hydrogens is 228 g/mol.